The molecular weight excluding hydrogens is 326 g/mol. The fraction of sp³-hybridized carbons (Fsp3) is 0.231. The molecule has 3 heterocycles. The summed E-state index contributed by atoms with van der Waals surface area (Å²) in [6.07, 6.45) is 1.60. The molecule has 0 bridgehead atoms. The second-order valence-corrected chi connectivity index (χ2v) is 8.34. The summed E-state index contributed by atoms with van der Waals surface area (Å²) in [7, 11) is -1.51. The first-order chi connectivity index (χ1) is 10.0. The van der Waals surface area contributed by atoms with Crippen molar-refractivity contribution in [1.29, 1.82) is 0 Å². The van der Waals surface area contributed by atoms with Crippen LogP contribution in [-0.2, 0) is 28.4 Å². The van der Waals surface area contributed by atoms with E-state index in [1.807, 2.05) is 22.2 Å². The standard InChI is InChI=1S/C13H13N3O2S3/c1-16-12(2-4-14-16)9-21(17,18)8-11-7-20-13(15-11)10-3-5-19-6-10/h2-7H,8-9H2,1H3. The first-order valence-corrected chi connectivity index (χ1v) is 9.82. The average Bonchev–Trinajstić information content (AvgIpc) is 3.11. The second kappa shape index (κ2) is 5.70. The van der Waals surface area contributed by atoms with Gasteiger partial charge in [-0.15, -0.1) is 11.3 Å². The van der Waals surface area contributed by atoms with E-state index >= 15 is 0 Å². The minimum Gasteiger partial charge on any atom is -0.272 e. The van der Waals surface area contributed by atoms with E-state index in [0.717, 1.165) is 10.6 Å². The minimum absolute atomic E-state index is 0.0190. The molecule has 0 aliphatic rings. The molecule has 0 radical (unpaired) electrons. The normalized spacial score (nSPS) is 11.9. The van der Waals surface area contributed by atoms with E-state index in [1.54, 1.807) is 35.3 Å². The zero-order valence-electron chi connectivity index (χ0n) is 11.3. The van der Waals surface area contributed by atoms with Gasteiger partial charge >= 0.3 is 0 Å². The number of aromatic nitrogens is 3. The summed E-state index contributed by atoms with van der Waals surface area (Å²) >= 11 is 3.07. The van der Waals surface area contributed by atoms with E-state index in [9.17, 15) is 8.42 Å². The Kier molecular flexibility index (Phi) is 3.92. The number of sulfone groups is 1. The van der Waals surface area contributed by atoms with Gasteiger partial charge in [0.05, 0.1) is 22.9 Å². The van der Waals surface area contributed by atoms with Gasteiger partial charge in [0.1, 0.15) is 5.01 Å². The summed E-state index contributed by atoms with van der Waals surface area (Å²) in [6, 6.07) is 3.70. The SMILES string of the molecule is Cn1nccc1CS(=O)(=O)Cc1csc(-c2ccsc2)n1. The van der Waals surface area contributed by atoms with Gasteiger partial charge in [-0.1, -0.05) is 0 Å². The largest absolute Gasteiger partial charge is 0.272 e. The van der Waals surface area contributed by atoms with Gasteiger partial charge in [0, 0.05) is 29.6 Å². The lowest BCUT2D eigenvalue weighted by Crippen LogP contribution is -2.11. The van der Waals surface area contributed by atoms with Crippen molar-refractivity contribution >= 4 is 32.5 Å². The summed E-state index contributed by atoms with van der Waals surface area (Å²) in [5.41, 5.74) is 2.33. The number of hydrogen-bond acceptors (Lipinski definition) is 6. The van der Waals surface area contributed by atoms with Gasteiger partial charge in [-0.2, -0.15) is 16.4 Å². The molecule has 0 saturated heterocycles. The van der Waals surface area contributed by atoms with Crippen LogP contribution in [0.1, 0.15) is 11.4 Å². The molecule has 110 valence electrons. The number of thiazole rings is 1. The predicted molar refractivity (Wildman–Crippen MR) is 85.0 cm³/mol. The third-order valence-electron chi connectivity index (χ3n) is 2.98. The maximum atomic E-state index is 12.2. The van der Waals surface area contributed by atoms with Crippen LogP contribution in [0.3, 0.4) is 0 Å². The van der Waals surface area contributed by atoms with Crippen LogP contribution in [0.4, 0.5) is 0 Å². The lowest BCUT2D eigenvalue weighted by atomic mass is 10.4. The van der Waals surface area contributed by atoms with Gasteiger partial charge in [0.2, 0.25) is 0 Å². The Bertz CT molecular complexity index is 832. The molecule has 8 heteroatoms. The highest BCUT2D eigenvalue weighted by molar-refractivity contribution is 7.89. The third kappa shape index (κ3) is 3.39. The topological polar surface area (TPSA) is 64.8 Å². The Labute approximate surface area is 130 Å². The fourth-order valence-corrected chi connectivity index (χ4v) is 5.01. The predicted octanol–water partition coefficient (Wildman–Crippen LogP) is 2.72. The Morgan fingerprint density at radius 2 is 2.10 bits per heavy atom. The van der Waals surface area contributed by atoms with Crippen LogP contribution in [0.15, 0.2) is 34.5 Å². The Balaban J connectivity index is 1.75. The van der Waals surface area contributed by atoms with Crippen molar-refractivity contribution < 1.29 is 8.42 Å². The van der Waals surface area contributed by atoms with E-state index in [1.165, 1.54) is 11.3 Å². The molecule has 0 atom stereocenters. The monoisotopic (exact) mass is 339 g/mol. The maximum Gasteiger partial charge on any atom is 0.161 e. The van der Waals surface area contributed by atoms with E-state index < -0.39 is 9.84 Å². The van der Waals surface area contributed by atoms with Crippen molar-refractivity contribution in [2.45, 2.75) is 11.5 Å². The molecule has 3 aromatic rings. The lowest BCUT2D eigenvalue weighted by molar-refractivity contribution is 0.590. The van der Waals surface area contributed by atoms with Gasteiger partial charge < -0.3 is 0 Å². The van der Waals surface area contributed by atoms with Crippen molar-refractivity contribution in [3.05, 3.63) is 45.9 Å². The highest BCUT2D eigenvalue weighted by Crippen LogP contribution is 2.26. The van der Waals surface area contributed by atoms with Crippen molar-refractivity contribution in [2.24, 2.45) is 7.05 Å². The van der Waals surface area contributed by atoms with Crippen molar-refractivity contribution in [3.8, 4) is 10.6 Å². The number of thiophene rings is 1. The Morgan fingerprint density at radius 3 is 2.76 bits per heavy atom. The molecule has 0 spiro atoms. The third-order valence-corrected chi connectivity index (χ3v) is 6.07. The molecule has 0 unspecified atom stereocenters. The zero-order chi connectivity index (χ0) is 14.9. The van der Waals surface area contributed by atoms with Crippen LogP contribution in [0.25, 0.3) is 10.6 Å². The van der Waals surface area contributed by atoms with E-state index in [4.69, 9.17) is 0 Å². The number of aryl methyl sites for hydroxylation is 1. The van der Waals surface area contributed by atoms with Gasteiger partial charge in [0.25, 0.3) is 0 Å². The summed E-state index contributed by atoms with van der Waals surface area (Å²) in [5.74, 6) is -0.0619. The van der Waals surface area contributed by atoms with Gasteiger partial charge in [0.15, 0.2) is 9.84 Å². The van der Waals surface area contributed by atoms with Crippen LogP contribution >= 0.6 is 22.7 Å². The molecule has 0 aliphatic carbocycles. The van der Waals surface area contributed by atoms with Crippen molar-refractivity contribution in [3.63, 3.8) is 0 Å². The zero-order valence-corrected chi connectivity index (χ0v) is 13.7. The molecule has 0 amide bonds. The minimum atomic E-state index is -3.25. The number of nitrogens with zero attached hydrogens (tertiary/aromatic N) is 3. The molecule has 0 aliphatic heterocycles. The molecule has 21 heavy (non-hydrogen) atoms. The van der Waals surface area contributed by atoms with Gasteiger partial charge in [-0.05, 0) is 17.5 Å². The van der Waals surface area contributed by atoms with Crippen LogP contribution in [0.2, 0.25) is 0 Å². The molecule has 0 N–H and O–H groups in total. The molecule has 3 aromatic heterocycles. The summed E-state index contributed by atoms with van der Waals surface area (Å²) < 4.78 is 26.1. The highest BCUT2D eigenvalue weighted by atomic mass is 32.2. The molecule has 0 saturated carbocycles. The van der Waals surface area contributed by atoms with E-state index in [-0.39, 0.29) is 11.5 Å². The number of rotatable bonds is 5. The Morgan fingerprint density at radius 1 is 1.24 bits per heavy atom. The molecule has 3 rings (SSSR count). The summed E-state index contributed by atoms with van der Waals surface area (Å²) in [4.78, 5) is 4.41. The van der Waals surface area contributed by atoms with Crippen LogP contribution in [0, 0.1) is 0 Å². The fourth-order valence-electron chi connectivity index (χ4n) is 1.94. The highest BCUT2D eigenvalue weighted by Gasteiger charge is 2.17. The smallest absolute Gasteiger partial charge is 0.161 e. The molecular formula is C13H13N3O2S3. The lowest BCUT2D eigenvalue weighted by Gasteiger charge is -2.03. The summed E-state index contributed by atoms with van der Waals surface area (Å²) in [5, 5.41) is 10.7. The maximum absolute atomic E-state index is 12.2. The van der Waals surface area contributed by atoms with Crippen molar-refractivity contribution in [2.75, 3.05) is 0 Å². The van der Waals surface area contributed by atoms with Gasteiger partial charge in [-0.25, -0.2) is 13.4 Å². The quantitative estimate of drug-likeness (QED) is 0.717. The number of hydrogen-bond donors (Lipinski definition) is 0. The van der Waals surface area contributed by atoms with Crippen molar-refractivity contribution in [1.82, 2.24) is 14.8 Å². The van der Waals surface area contributed by atoms with Crippen LogP contribution in [0.5, 0.6) is 0 Å². The van der Waals surface area contributed by atoms with E-state index in [0.29, 0.717) is 11.4 Å². The Hall–Kier alpha value is -1.51. The molecule has 5 nitrogen and oxygen atoms in total. The van der Waals surface area contributed by atoms with Gasteiger partial charge in [-0.3, -0.25) is 4.68 Å². The first-order valence-electron chi connectivity index (χ1n) is 6.18. The van der Waals surface area contributed by atoms with Crippen LogP contribution < -0.4 is 0 Å². The van der Waals surface area contributed by atoms with Crippen LogP contribution in [-0.4, -0.2) is 23.2 Å². The van der Waals surface area contributed by atoms with E-state index in [2.05, 4.69) is 10.1 Å². The molecule has 0 aromatic carbocycles. The molecule has 0 fully saturated rings. The first kappa shape index (κ1) is 14.4. The summed E-state index contributed by atoms with van der Waals surface area (Å²) in [6.45, 7) is 0. The average molecular weight is 339 g/mol. The second-order valence-electron chi connectivity index (χ2n) is 4.63.